The van der Waals surface area contributed by atoms with Gasteiger partial charge in [0.2, 0.25) is 0 Å². The van der Waals surface area contributed by atoms with Crippen molar-refractivity contribution in [1.29, 1.82) is 0 Å². The third-order valence-corrected chi connectivity index (χ3v) is 4.81. The summed E-state index contributed by atoms with van der Waals surface area (Å²) in [6.07, 6.45) is 8.70. The van der Waals surface area contributed by atoms with Crippen molar-refractivity contribution in [1.82, 2.24) is 5.32 Å². The van der Waals surface area contributed by atoms with Gasteiger partial charge in [-0.2, -0.15) is 11.8 Å². The molecule has 1 aliphatic heterocycles. The van der Waals surface area contributed by atoms with Gasteiger partial charge in [0, 0.05) is 17.8 Å². The zero-order chi connectivity index (χ0) is 9.80. The Bertz CT molecular complexity index is 162. The smallest absolute Gasteiger partial charge is 0.0160 e. The summed E-state index contributed by atoms with van der Waals surface area (Å²) in [5.74, 6) is 3.78. The minimum Gasteiger partial charge on any atom is -0.311 e. The number of nitrogens with one attached hydrogen (secondary N) is 1. The lowest BCUT2D eigenvalue weighted by Gasteiger charge is -2.31. The third-order valence-electron chi connectivity index (χ3n) is 3.59. The molecule has 2 fully saturated rings. The summed E-state index contributed by atoms with van der Waals surface area (Å²) < 4.78 is 0. The SMILES string of the molecule is CC(CC1CCC1)NC1CCCSC1. The van der Waals surface area contributed by atoms with E-state index < -0.39 is 0 Å². The highest BCUT2D eigenvalue weighted by Gasteiger charge is 2.22. The van der Waals surface area contributed by atoms with E-state index in [0.29, 0.717) is 0 Å². The molecule has 1 N–H and O–H groups in total. The van der Waals surface area contributed by atoms with Crippen LogP contribution in [0.4, 0.5) is 0 Å². The van der Waals surface area contributed by atoms with Crippen molar-refractivity contribution in [2.75, 3.05) is 11.5 Å². The fourth-order valence-corrected chi connectivity index (χ4v) is 3.66. The molecule has 0 aromatic carbocycles. The van der Waals surface area contributed by atoms with Crippen LogP contribution in [-0.4, -0.2) is 23.6 Å². The maximum absolute atomic E-state index is 3.80. The molecule has 2 atom stereocenters. The van der Waals surface area contributed by atoms with Gasteiger partial charge >= 0.3 is 0 Å². The standard InChI is InChI=1S/C12H23NS/c1-10(8-11-4-2-5-11)13-12-6-3-7-14-9-12/h10-13H,2-9H2,1H3. The number of hydrogen-bond donors (Lipinski definition) is 1. The van der Waals surface area contributed by atoms with Gasteiger partial charge in [-0.15, -0.1) is 0 Å². The van der Waals surface area contributed by atoms with E-state index in [9.17, 15) is 0 Å². The fourth-order valence-electron chi connectivity index (χ4n) is 2.57. The van der Waals surface area contributed by atoms with Gasteiger partial charge in [-0.1, -0.05) is 19.3 Å². The van der Waals surface area contributed by atoms with Crippen LogP contribution in [0, 0.1) is 5.92 Å². The molecular weight excluding hydrogens is 190 g/mol. The highest BCUT2D eigenvalue weighted by Crippen LogP contribution is 2.30. The number of rotatable bonds is 4. The van der Waals surface area contributed by atoms with Crippen molar-refractivity contribution in [2.45, 2.75) is 57.5 Å². The number of thioether (sulfide) groups is 1. The van der Waals surface area contributed by atoms with E-state index in [4.69, 9.17) is 0 Å². The van der Waals surface area contributed by atoms with Gasteiger partial charge in [-0.05, 0) is 37.9 Å². The molecule has 0 aromatic heterocycles. The van der Waals surface area contributed by atoms with E-state index >= 15 is 0 Å². The van der Waals surface area contributed by atoms with E-state index in [-0.39, 0.29) is 0 Å². The molecule has 1 nitrogen and oxygen atoms in total. The molecule has 1 heterocycles. The van der Waals surface area contributed by atoms with Crippen LogP contribution in [-0.2, 0) is 0 Å². The average molecular weight is 213 g/mol. The van der Waals surface area contributed by atoms with Crippen LogP contribution < -0.4 is 5.32 Å². The van der Waals surface area contributed by atoms with Crippen molar-refractivity contribution in [3.05, 3.63) is 0 Å². The summed E-state index contributed by atoms with van der Waals surface area (Å²) in [7, 11) is 0. The lowest BCUT2D eigenvalue weighted by Crippen LogP contribution is -2.41. The second-order valence-electron chi connectivity index (χ2n) is 5.01. The van der Waals surface area contributed by atoms with Crippen molar-refractivity contribution in [3.63, 3.8) is 0 Å². The lowest BCUT2D eigenvalue weighted by molar-refractivity contribution is 0.257. The van der Waals surface area contributed by atoms with Crippen molar-refractivity contribution < 1.29 is 0 Å². The largest absolute Gasteiger partial charge is 0.311 e. The fraction of sp³-hybridized carbons (Fsp3) is 1.00. The van der Waals surface area contributed by atoms with Gasteiger partial charge in [-0.25, -0.2) is 0 Å². The average Bonchev–Trinajstić information content (AvgIpc) is 2.13. The highest BCUT2D eigenvalue weighted by atomic mass is 32.2. The minimum absolute atomic E-state index is 0.754. The van der Waals surface area contributed by atoms with E-state index in [1.807, 2.05) is 0 Å². The Morgan fingerprint density at radius 1 is 1.29 bits per heavy atom. The minimum atomic E-state index is 0.754. The van der Waals surface area contributed by atoms with Crippen LogP contribution in [0.3, 0.4) is 0 Å². The third kappa shape index (κ3) is 3.16. The lowest BCUT2D eigenvalue weighted by atomic mass is 9.81. The van der Waals surface area contributed by atoms with Crippen LogP contribution >= 0.6 is 11.8 Å². The van der Waals surface area contributed by atoms with Crippen molar-refractivity contribution in [3.8, 4) is 0 Å². The molecule has 82 valence electrons. The first-order valence-corrected chi connectivity index (χ1v) is 7.34. The highest BCUT2D eigenvalue weighted by molar-refractivity contribution is 7.99. The molecular formula is C12H23NS. The van der Waals surface area contributed by atoms with Crippen LogP contribution in [0.2, 0.25) is 0 Å². The predicted octanol–water partition coefficient (Wildman–Crippen LogP) is 3.05. The van der Waals surface area contributed by atoms with E-state index in [2.05, 4.69) is 24.0 Å². The Hall–Kier alpha value is 0.310. The molecule has 2 rings (SSSR count). The molecule has 1 saturated heterocycles. The zero-order valence-corrected chi connectivity index (χ0v) is 10.1. The molecule has 0 radical (unpaired) electrons. The Balaban J connectivity index is 1.62. The monoisotopic (exact) mass is 213 g/mol. The van der Waals surface area contributed by atoms with Gasteiger partial charge in [0.1, 0.15) is 0 Å². The molecule has 14 heavy (non-hydrogen) atoms. The molecule has 0 amide bonds. The van der Waals surface area contributed by atoms with E-state index in [1.165, 1.54) is 50.0 Å². The maximum Gasteiger partial charge on any atom is 0.0160 e. The quantitative estimate of drug-likeness (QED) is 0.770. The first-order valence-electron chi connectivity index (χ1n) is 6.18. The molecule has 0 spiro atoms. The normalized spacial score (nSPS) is 31.1. The molecule has 2 unspecified atom stereocenters. The van der Waals surface area contributed by atoms with Crippen molar-refractivity contribution in [2.24, 2.45) is 5.92 Å². The second-order valence-corrected chi connectivity index (χ2v) is 6.16. The van der Waals surface area contributed by atoms with Crippen LogP contribution in [0.25, 0.3) is 0 Å². The first kappa shape index (κ1) is 10.8. The van der Waals surface area contributed by atoms with Gasteiger partial charge in [0.25, 0.3) is 0 Å². The van der Waals surface area contributed by atoms with E-state index in [0.717, 1.165) is 18.0 Å². The molecule has 0 aromatic rings. The Labute approximate surface area is 92.4 Å². The second kappa shape index (κ2) is 5.41. The van der Waals surface area contributed by atoms with Gasteiger partial charge in [0.05, 0.1) is 0 Å². The Morgan fingerprint density at radius 3 is 2.71 bits per heavy atom. The molecule has 2 aliphatic rings. The van der Waals surface area contributed by atoms with Crippen molar-refractivity contribution >= 4 is 11.8 Å². The summed E-state index contributed by atoms with van der Waals surface area (Å²) >= 11 is 2.12. The van der Waals surface area contributed by atoms with Crippen LogP contribution in [0.15, 0.2) is 0 Å². The summed E-state index contributed by atoms with van der Waals surface area (Å²) in [4.78, 5) is 0. The molecule has 0 bridgehead atoms. The van der Waals surface area contributed by atoms with E-state index in [1.54, 1.807) is 0 Å². The Kier molecular flexibility index (Phi) is 4.18. The summed E-state index contributed by atoms with van der Waals surface area (Å²) in [5.41, 5.74) is 0. The first-order chi connectivity index (χ1) is 6.84. The van der Waals surface area contributed by atoms with Crippen LogP contribution in [0.1, 0.15) is 45.4 Å². The van der Waals surface area contributed by atoms with Gasteiger partial charge in [0.15, 0.2) is 0 Å². The van der Waals surface area contributed by atoms with Gasteiger partial charge < -0.3 is 5.32 Å². The Morgan fingerprint density at radius 2 is 2.14 bits per heavy atom. The summed E-state index contributed by atoms with van der Waals surface area (Å²) in [6, 6.07) is 1.56. The topological polar surface area (TPSA) is 12.0 Å². The summed E-state index contributed by atoms with van der Waals surface area (Å²) in [5, 5.41) is 3.80. The maximum atomic E-state index is 3.80. The molecule has 2 heteroatoms. The predicted molar refractivity (Wildman–Crippen MR) is 64.9 cm³/mol. The van der Waals surface area contributed by atoms with Gasteiger partial charge in [-0.3, -0.25) is 0 Å². The number of hydrogen-bond acceptors (Lipinski definition) is 2. The van der Waals surface area contributed by atoms with Crippen LogP contribution in [0.5, 0.6) is 0 Å². The summed E-state index contributed by atoms with van der Waals surface area (Å²) in [6.45, 7) is 2.37. The molecule has 1 saturated carbocycles. The molecule has 1 aliphatic carbocycles. The zero-order valence-electron chi connectivity index (χ0n) is 9.30.